The quantitative estimate of drug-likeness (QED) is 0.329. The molecule has 33 heavy (non-hydrogen) atoms. The average Bonchev–Trinajstić information content (AvgIpc) is 3.30. The van der Waals surface area contributed by atoms with E-state index in [-0.39, 0.29) is 34.1 Å². The van der Waals surface area contributed by atoms with Crippen LogP contribution in [0.5, 0.6) is 17.2 Å². The van der Waals surface area contributed by atoms with Gasteiger partial charge in [-0.05, 0) is 0 Å². The van der Waals surface area contributed by atoms with Gasteiger partial charge in [0.2, 0.25) is 5.75 Å². The molecule has 1 fully saturated rings. The number of benzene rings is 1. The lowest BCUT2D eigenvalue weighted by Crippen LogP contribution is -2.56. The zero-order chi connectivity index (χ0) is 23.9. The Labute approximate surface area is 186 Å². The van der Waals surface area contributed by atoms with Crippen molar-refractivity contribution in [1.82, 2.24) is 15.0 Å². The predicted molar refractivity (Wildman–Crippen MR) is 110 cm³/mol. The van der Waals surface area contributed by atoms with Crippen LogP contribution < -0.4 is 19.8 Å². The highest BCUT2D eigenvalue weighted by Gasteiger charge is 2.44. The number of aromatic nitrogens is 3. The van der Waals surface area contributed by atoms with Crippen molar-refractivity contribution in [3.05, 3.63) is 28.7 Å². The normalized spacial score (nSPS) is 25.2. The largest absolute Gasteiger partial charge is 0.493 e. The first-order valence-corrected chi connectivity index (χ1v) is 9.84. The number of hydrogen-bond acceptors (Lipinski definition) is 12. The molecule has 4 rings (SSSR count). The van der Waals surface area contributed by atoms with Gasteiger partial charge >= 0.3 is 5.63 Å². The third-order valence-electron chi connectivity index (χ3n) is 5.45. The third kappa shape index (κ3) is 3.79. The Morgan fingerprint density at radius 3 is 2.39 bits per heavy atom. The summed E-state index contributed by atoms with van der Waals surface area (Å²) in [7, 11) is 4.27. The molecular formula is C20H23N3O10. The lowest BCUT2D eigenvalue weighted by atomic mass is 9.98. The highest BCUT2D eigenvalue weighted by Crippen LogP contribution is 2.46. The van der Waals surface area contributed by atoms with Gasteiger partial charge in [-0.15, -0.1) is 5.10 Å². The molecule has 0 radical (unpaired) electrons. The number of rotatable bonds is 6. The van der Waals surface area contributed by atoms with Crippen molar-refractivity contribution < 1.29 is 43.8 Å². The molecule has 0 unspecified atom stereocenters. The summed E-state index contributed by atoms with van der Waals surface area (Å²) in [6.45, 7) is -0.591. The van der Waals surface area contributed by atoms with Crippen molar-refractivity contribution in [2.75, 3.05) is 27.9 Å². The average molecular weight is 465 g/mol. The van der Waals surface area contributed by atoms with Gasteiger partial charge in [-0.25, -0.2) is 9.48 Å². The van der Waals surface area contributed by atoms with Crippen LogP contribution in [-0.4, -0.2) is 87.8 Å². The van der Waals surface area contributed by atoms with Crippen molar-refractivity contribution in [2.24, 2.45) is 0 Å². The monoisotopic (exact) mass is 465 g/mol. The van der Waals surface area contributed by atoms with Crippen molar-refractivity contribution >= 4 is 11.0 Å². The molecule has 13 nitrogen and oxygen atoms in total. The Balaban J connectivity index is 1.85. The number of aliphatic hydroxyl groups is 4. The van der Waals surface area contributed by atoms with E-state index in [9.17, 15) is 25.2 Å². The van der Waals surface area contributed by atoms with E-state index in [0.29, 0.717) is 5.39 Å². The molecule has 1 aliphatic heterocycles. The van der Waals surface area contributed by atoms with Crippen molar-refractivity contribution in [3.8, 4) is 28.5 Å². The van der Waals surface area contributed by atoms with Gasteiger partial charge in [0.1, 0.15) is 35.7 Å². The third-order valence-corrected chi connectivity index (χ3v) is 5.45. The van der Waals surface area contributed by atoms with Crippen LogP contribution in [0.3, 0.4) is 0 Å². The molecule has 0 aliphatic carbocycles. The maximum absolute atomic E-state index is 12.3. The molecule has 178 valence electrons. The SMILES string of the molecule is COc1cc2oc(=O)cc(-c3cn([C@@H]4O[C@H](CO)[C@H](O)[C@H](O)[C@H]4O)nn3)c2c(OC)c1OC. The molecule has 1 aliphatic rings. The van der Waals surface area contributed by atoms with Crippen LogP contribution in [0, 0.1) is 0 Å². The zero-order valence-corrected chi connectivity index (χ0v) is 17.9. The smallest absolute Gasteiger partial charge is 0.336 e. The molecule has 3 aromatic rings. The zero-order valence-electron chi connectivity index (χ0n) is 17.9. The lowest BCUT2D eigenvalue weighted by molar-refractivity contribution is -0.254. The predicted octanol–water partition coefficient (Wildman–Crippen LogP) is -0.950. The number of hydrogen-bond donors (Lipinski definition) is 4. The van der Waals surface area contributed by atoms with E-state index in [1.165, 1.54) is 39.7 Å². The van der Waals surface area contributed by atoms with E-state index in [1.807, 2.05) is 0 Å². The highest BCUT2D eigenvalue weighted by molar-refractivity contribution is 6.00. The van der Waals surface area contributed by atoms with Gasteiger partial charge in [0.25, 0.3) is 0 Å². The minimum Gasteiger partial charge on any atom is -0.493 e. The molecule has 0 spiro atoms. The van der Waals surface area contributed by atoms with Gasteiger partial charge in [0, 0.05) is 17.7 Å². The number of nitrogens with zero attached hydrogens (tertiary/aromatic N) is 3. The number of fused-ring (bicyclic) bond motifs is 1. The maximum atomic E-state index is 12.3. The van der Waals surface area contributed by atoms with E-state index in [2.05, 4.69) is 10.3 Å². The summed E-state index contributed by atoms with van der Waals surface area (Å²) in [5.74, 6) is 0.782. The fourth-order valence-electron chi connectivity index (χ4n) is 3.82. The summed E-state index contributed by atoms with van der Waals surface area (Å²) >= 11 is 0. The summed E-state index contributed by atoms with van der Waals surface area (Å²) < 4.78 is 28.2. The van der Waals surface area contributed by atoms with Crippen LogP contribution in [-0.2, 0) is 4.74 Å². The van der Waals surface area contributed by atoms with Crippen LogP contribution in [0.2, 0.25) is 0 Å². The van der Waals surface area contributed by atoms with Gasteiger partial charge in [-0.3, -0.25) is 0 Å². The van der Waals surface area contributed by atoms with Crippen LogP contribution >= 0.6 is 0 Å². The Morgan fingerprint density at radius 2 is 1.76 bits per heavy atom. The Kier molecular flexibility index (Phi) is 6.23. The van der Waals surface area contributed by atoms with Gasteiger partial charge in [0.15, 0.2) is 17.7 Å². The first-order valence-electron chi connectivity index (χ1n) is 9.84. The molecule has 1 saturated heterocycles. The summed E-state index contributed by atoms with van der Waals surface area (Å²) in [5, 5.41) is 48.2. The molecule has 2 aromatic heterocycles. The summed E-state index contributed by atoms with van der Waals surface area (Å²) in [5.41, 5.74) is -0.0474. The Bertz CT molecular complexity index is 1210. The molecule has 13 heteroatoms. The summed E-state index contributed by atoms with van der Waals surface area (Å²) in [6, 6.07) is 2.67. The first-order chi connectivity index (χ1) is 15.8. The highest BCUT2D eigenvalue weighted by atomic mass is 16.6. The summed E-state index contributed by atoms with van der Waals surface area (Å²) in [4.78, 5) is 12.3. The fourth-order valence-corrected chi connectivity index (χ4v) is 3.82. The van der Waals surface area contributed by atoms with E-state index < -0.39 is 42.9 Å². The van der Waals surface area contributed by atoms with E-state index >= 15 is 0 Å². The second-order valence-electron chi connectivity index (χ2n) is 7.30. The second-order valence-corrected chi connectivity index (χ2v) is 7.30. The second kappa shape index (κ2) is 8.96. The standard InChI is InChI=1S/C20H23N3O10/c1-29-11-5-10-14(19(31-3)18(11)30-2)8(4-13(25)32-10)9-6-23(22-21-9)20-17(28)16(27)15(26)12(7-24)33-20/h4-6,12,15-17,20,24,26-28H,7H2,1-3H3/t12-,15+,16+,17-,20-/m1/s1. The van der Waals surface area contributed by atoms with E-state index in [4.69, 9.17) is 23.4 Å². The Hall–Kier alpha value is -3.23. The van der Waals surface area contributed by atoms with Crippen LogP contribution in [0.4, 0.5) is 0 Å². The van der Waals surface area contributed by atoms with Crippen molar-refractivity contribution in [1.29, 1.82) is 0 Å². The Morgan fingerprint density at radius 1 is 1.03 bits per heavy atom. The molecule has 0 bridgehead atoms. The van der Waals surface area contributed by atoms with Crippen molar-refractivity contribution in [3.63, 3.8) is 0 Å². The number of methoxy groups -OCH3 is 3. The molecular weight excluding hydrogens is 442 g/mol. The summed E-state index contributed by atoms with van der Waals surface area (Å²) in [6.07, 6.45) is -5.67. The number of ether oxygens (including phenoxy) is 4. The van der Waals surface area contributed by atoms with Crippen LogP contribution in [0.15, 0.2) is 27.5 Å². The van der Waals surface area contributed by atoms with Gasteiger partial charge in [-0.1, -0.05) is 5.21 Å². The van der Waals surface area contributed by atoms with E-state index in [0.717, 1.165) is 4.68 Å². The molecule has 1 aromatic carbocycles. The van der Waals surface area contributed by atoms with Gasteiger partial charge in [-0.2, -0.15) is 0 Å². The molecule has 0 amide bonds. The first kappa shape index (κ1) is 22.9. The van der Waals surface area contributed by atoms with Crippen molar-refractivity contribution in [2.45, 2.75) is 30.6 Å². The molecule has 4 N–H and O–H groups in total. The minimum atomic E-state index is -1.59. The lowest BCUT2D eigenvalue weighted by Gasteiger charge is -2.39. The van der Waals surface area contributed by atoms with Gasteiger partial charge < -0.3 is 43.8 Å². The van der Waals surface area contributed by atoms with Crippen LogP contribution in [0.25, 0.3) is 22.2 Å². The molecule has 5 atom stereocenters. The molecule has 0 saturated carbocycles. The van der Waals surface area contributed by atoms with Gasteiger partial charge in [0.05, 0.1) is 39.5 Å². The minimum absolute atomic E-state index is 0.148. The molecule has 3 heterocycles. The topological polar surface area (TPSA) is 179 Å². The maximum Gasteiger partial charge on any atom is 0.336 e. The van der Waals surface area contributed by atoms with E-state index in [1.54, 1.807) is 0 Å². The van der Waals surface area contributed by atoms with Crippen LogP contribution in [0.1, 0.15) is 6.23 Å². The fraction of sp³-hybridized carbons (Fsp3) is 0.450. The number of aliphatic hydroxyl groups excluding tert-OH is 4.